The minimum Gasteiger partial charge on any atom is -0.343 e. The van der Waals surface area contributed by atoms with Crippen molar-refractivity contribution in [1.82, 2.24) is 4.90 Å². The second kappa shape index (κ2) is 6.80. The molecule has 106 valence electrons. The van der Waals surface area contributed by atoms with Crippen LogP contribution in [0.5, 0.6) is 0 Å². The van der Waals surface area contributed by atoms with Crippen molar-refractivity contribution in [3.05, 3.63) is 28.7 Å². The number of thioether (sulfide) groups is 1. The normalized spacial score (nSPS) is 11.7. The van der Waals surface area contributed by atoms with Gasteiger partial charge in [0.2, 0.25) is 5.91 Å². The minimum absolute atomic E-state index is 0.201. The number of benzene rings is 1. The van der Waals surface area contributed by atoms with Gasteiger partial charge in [-0.05, 0) is 38.1 Å². The Balaban J connectivity index is 2.64. The van der Waals surface area contributed by atoms with E-state index in [1.165, 1.54) is 4.90 Å². The number of hydrogen-bond acceptors (Lipinski definition) is 2. The molecule has 0 radical (unpaired) electrons. The van der Waals surface area contributed by atoms with E-state index in [-0.39, 0.29) is 17.4 Å². The Bertz CT molecular complexity index is 428. The van der Waals surface area contributed by atoms with E-state index in [0.717, 1.165) is 10.2 Å². The molecule has 0 aliphatic rings. The molecular weight excluding hydrogens is 322 g/mol. The lowest BCUT2D eigenvalue weighted by molar-refractivity contribution is -0.139. The molecule has 19 heavy (non-hydrogen) atoms. The lowest BCUT2D eigenvalue weighted by Crippen LogP contribution is -2.43. The first-order chi connectivity index (χ1) is 8.74. The maximum Gasteiger partial charge on any atom is 0.229 e. The topological polar surface area (TPSA) is 20.3 Å². The molecule has 0 aromatic heterocycles. The summed E-state index contributed by atoms with van der Waals surface area (Å²) in [5, 5.41) is 0. The maximum absolute atomic E-state index is 12.4. The fourth-order valence-corrected chi connectivity index (χ4v) is 2.81. The predicted octanol–water partition coefficient (Wildman–Crippen LogP) is 4.43. The van der Waals surface area contributed by atoms with Crippen LogP contribution in [-0.2, 0) is 4.79 Å². The molecule has 0 fully saturated rings. The summed E-state index contributed by atoms with van der Waals surface area (Å²) in [5.74, 6) is 0.983. The average molecular weight is 344 g/mol. The number of nitrogens with zero attached hydrogens (tertiary/aromatic N) is 1. The highest BCUT2D eigenvalue weighted by Gasteiger charge is 2.31. The quantitative estimate of drug-likeness (QED) is 0.737. The monoisotopic (exact) mass is 343 g/mol. The Hall–Kier alpha value is -0.480. The molecule has 1 rings (SSSR count). The average Bonchev–Trinajstić information content (AvgIpc) is 2.36. The Morgan fingerprint density at radius 1 is 1.32 bits per heavy atom. The molecule has 0 aliphatic carbocycles. The first-order valence-corrected chi connectivity index (χ1v) is 8.17. The van der Waals surface area contributed by atoms with Crippen molar-refractivity contribution in [2.24, 2.45) is 5.41 Å². The van der Waals surface area contributed by atoms with E-state index in [1.807, 2.05) is 51.8 Å². The third-order valence-corrected chi connectivity index (χ3v) is 5.09. The van der Waals surface area contributed by atoms with Crippen molar-refractivity contribution in [1.29, 1.82) is 0 Å². The number of carbonyl (C=O) groups is 1. The van der Waals surface area contributed by atoms with Gasteiger partial charge in [0.25, 0.3) is 0 Å². The Morgan fingerprint density at radius 3 is 2.32 bits per heavy atom. The van der Waals surface area contributed by atoms with E-state index in [0.29, 0.717) is 0 Å². The molecule has 0 saturated carbocycles. The summed E-state index contributed by atoms with van der Waals surface area (Å²) in [6, 6.07) is 8.43. The van der Waals surface area contributed by atoms with Crippen LogP contribution < -0.4 is 0 Å². The number of hydrogen-bond donors (Lipinski definition) is 0. The van der Waals surface area contributed by atoms with Crippen LogP contribution in [-0.4, -0.2) is 29.6 Å². The fourth-order valence-electron chi connectivity index (χ4n) is 1.57. The molecule has 0 atom stereocenters. The fraction of sp³-hybridized carbons (Fsp3) is 0.533. The van der Waals surface area contributed by atoms with Crippen molar-refractivity contribution in [2.45, 2.75) is 38.6 Å². The molecule has 0 spiro atoms. The molecule has 4 heteroatoms. The van der Waals surface area contributed by atoms with Crippen LogP contribution in [0.1, 0.15) is 27.7 Å². The van der Waals surface area contributed by atoms with Crippen molar-refractivity contribution < 1.29 is 4.79 Å². The third-order valence-electron chi connectivity index (χ3n) is 3.09. The molecule has 1 amide bonds. The van der Waals surface area contributed by atoms with Gasteiger partial charge < -0.3 is 4.90 Å². The van der Waals surface area contributed by atoms with E-state index in [4.69, 9.17) is 0 Å². The first-order valence-electron chi connectivity index (χ1n) is 6.39. The Kier molecular flexibility index (Phi) is 5.93. The zero-order valence-electron chi connectivity index (χ0n) is 12.2. The standard InChI is InChI=1S/C15H22BrNOS/c1-11(2)17(5)14(18)15(3,4)10-19-13-8-6-12(16)7-9-13/h6-9,11H,10H2,1-5H3. The molecule has 1 aromatic carbocycles. The number of amides is 1. The largest absolute Gasteiger partial charge is 0.343 e. The SMILES string of the molecule is CC(C)N(C)C(=O)C(C)(C)CSc1ccc(Br)cc1. The van der Waals surface area contributed by atoms with Crippen LogP contribution in [0.4, 0.5) is 0 Å². The molecule has 0 saturated heterocycles. The van der Waals surface area contributed by atoms with Crippen molar-refractivity contribution in [2.75, 3.05) is 12.8 Å². The lowest BCUT2D eigenvalue weighted by Gasteiger charge is -2.31. The van der Waals surface area contributed by atoms with E-state index in [1.54, 1.807) is 11.8 Å². The Labute approximate surface area is 129 Å². The lowest BCUT2D eigenvalue weighted by atomic mass is 9.94. The van der Waals surface area contributed by atoms with Crippen LogP contribution in [0.25, 0.3) is 0 Å². The van der Waals surface area contributed by atoms with Gasteiger partial charge in [-0.3, -0.25) is 4.79 Å². The zero-order chi connectivity index (χ0) is 14.6. The van der Waals surface area contributed by atoms with Crippen molar-refractivity contribution in [3.8, 4) is 0 Å². The summed E-state index contributed by atoms with van der Waals surface area (Å²) in [6.45, 7) is 8.10. The summed E-state index contributed by atoms with van der Waals surface area (Å²) in [7, 11) is 1.87. The minimum atomic E-state index is -0.350. The van der Waals surface area contributed by atoms with E-state index in [2.05, 4.69) is 28.1 Å². The number of carbonyl (C=O) groups excluding carboxylic acids is 1. The molecule has 1 aromatic rings. The molecule has 2 nitrogen and oxygen atoms in total. The maximum atomic E-state index is 12.4. The molecular formula is C15H22BrNOS. The van der Waals surface area contributed by atoms with Gasteiger partial charge in [0.1, 0.15) is 0 Å². The third kappa shape index (κ3) is 4.84. The highest BCUT2D eigenvalue weighted by Crippen LogP contribution is 2.30. The van der Waals surface area contributed by atoms with Gasteiger partial charge in [-0.1, -0.05) is 29.8 Å². The van der Waals surface area contributed by atoms with Gasteiger partial charge in [0.15, 0.2) is 0 Å². The number of halogens is 1. The summed E-state index contributed by atoms with van der Waals surface area (Å²) in [6.07, 6.45) is 0. The van der Waals surface area contributed by atoms with Gasteiger partial charge in [-0.25, -0.2) is 0 Å². The first kappa shape index (κ1) is 16.6. The molecule has 0 bridgehead atoms. The van der Waals surface area contributed by atoms with Crippen LogP contribution in [0.3, 0.4) is 0 Å². The molecule has 0 heterocycles. The van der Waals surface area contributed by atoms with E-state index >= 15 is 0 Å². The van der Waals surface area contributed by atoms with Crippen LogP contribution in [0, 0.1) is 5.41 Å². The van der Waals surface area contributed by atoms with Gasteiger partial charge in [-0.15, -0.1) is 11.8 Å². The summed E-state index contributed by atoms with van der Waals surface area (Å²) >= 11 is 5.15. The van der Waals surface area contributed by atoms with Gasteiger partial charge in [-0.2, -0.15) is 0 Å². The van der Waals surface area contributed by atoms with Gasteiger partial charge in [0, 0.05) is 28.2 Å². The highest BCUT2D eigenvalue weighted by molar-refractivity contribution is 9.10. The highest BCUT2D eigenvalue weighted by atomic mass is 79.9. The van der Waals surface area contributed by atoms with Gasteiger partial charge in [0.05, 0.1) is 5.41 Å². The Morgan fingerprint density at radius 2 is 1.84 bits per heavy atom. The van der Waals surface area contributed by atoms with Crippen molar-refractivity contribution in [3.63, 3.8) is 0 Å². The summed E-state index contributed by atoms with van der Waals surface area (Å²) in [5.41, 5.74) is -0.350. The summed E-state index contributed by atoms with van der Waals surface area (Å²) < 4.78 is 1.08. The second-order valence-electron chi connectivity index (χ2n) is 5.64. The number of rotatable bonds is 5. The van der Waals surface area contributed by atoms with Crippen LogP contribution >= 0.6 is 27.7 Å². The zero-order valence-corrected chi connectivity index (χ0v) is 14.6. The summed E-state index contributed by atoms with van der Waals surface area (Å²) in [4.78, 5) is 15.4. The van der Waals surface area contributed by atoms with E-state index < -0.39 is 0 Å². The molecule has 0 aliphatic heterocycles. The van der Waals surface area contributed by atoms with Crippen molar-refractivity contribution >= 4 is 33.6 Å². The second-order valence-corrected chi connectivity index (χ2v) is 7.60. The predicted molar refractivity (Wildman–Crippen MR) is 86.6 cm³/mol. The molecule has 0 unspecified atom stereocenters. The van der Waals surface area contributed by atoms with E-state index in [9.17, 15) is 4.79 Å². The molecule has 0 N–H and O–H groups in total. The van der Waals surface area contributed by atoms with Gasteiger partial charge >= 0.3 is 0 Å². The van der Waals surface area contributed by atoms with Crippen LogP contribution in [0.15, 0.2) is 33.6 Å². The smallest absolute Gasteiger partial charge is 0.229 e. The van der Waals surface area contributed by atoms with Crippen LogP contribution in [0.2, 0.25) is 0 Å².